The van der Waals surface area contributed by atoms with Crippen molar-refractivity contribution in [3.8, 4) is 0 Å². The van der Waals surface area contributed by atoms with Crippen molar-refractivity contribution in [1.29, 1.82) is 0 Å². The predicted octanol–water partition coefficient (Wildman–Crippen LogP) is 2.72. The molecule has 0 aliphatic carbocycles. The van der Waals surface area contributed by atoms with Crippen molar-refractivity contribution < 1.29 is 28.2 Å². The first-order valence-corrected chi connectivity index (χ1v) is 6.33. The van der Waals surface area contributed by atoms with E-state index in [9.17, 15) is 23.5 Å². The summed E-state index contributed by atoms with van der Waals surface area (Å²) < 4.78 is 31.8. The minimum atomic E-state index is -1.27. The molecule has 0 saturated heterocycles. The summed E-state index contributed by atoms with van der Waals surface area (Å²) in [4.78, 5) is 24.3. The summed E-state index contributed by atoms with van der Waals surface area (Å²) in [5.74, 6) is -3.49. The summed E-state index contributed by atoms with van der Waals surface area (Å²) in [6.07, 6.45) is -0.999. The third-order valence-corrected chi connectivity index (χ3v) is 2.98. The number of carboxylic acids is 1. The highest BCUT2D eigenvalue weighted by molar-refractivity contribution is 5.98. The maximum absolute atomic E-state index is 13.4. The minimum absolute atomic E-state index is 0.0237. The number of hydrogen-bond donors (Lipinski definition) is 1. The van der Waals surface area contributed by atoms with Gasteiger partial charge >= 0.3 is 12.1 Å². The van der Waals surface area contributed by atoms with Gasteiger partial charge in [0.15, 0.2) is 11.6 Å². The van der Waals surface area contributed by atoms with E-state index in [2.05, 4.69) is 0 Å². The molecule has 1 amide bonds. The number of carbonyl (C=O) groups excluding carboxylic acids is 1. The number of amides is 1. The Kier molecular flexibility index (Phi) is 3.61. The Morgan fingerprint density at radius 1 is 1.29 bits per heavy atom. The molecule has 0 fully saturated rings. The van der Waals surface area contributed by atoms with Gasteiger partial charge in [0.2, 0.25) is 0 Å². The molecule has 5 nitrogen and oxygen atoms in total. The number of carbonyl (C=O) groups is 2. The van der Waals surface area contributed by atoms with E-state index in [1.54, 1.807) is 20.8 Å². The molecule has 1 aromatic rings. The lowest BCUT2D eigenvalue weighted by Gasteiger charge is -2.27. The largest absolute Gasteiger partial charge is 0.480 e. The molecule has 1 heterocycles. The molecule has 1 aromatic carbocycles. The number of nitrogens with zero attached hydrogens (tertiary/aromatic N) is 1. The Morgan fingerprint density at radius 2 is 1.86 bits per heavy atom. The Morgan fingerprint density at radius 3 is 2.38 bits per heavy atom. The summed E-state index contributed by atoms with van der Waals surface area (Å²) in [5.41, 5.74) is -0.552. The molecule has 0 spiro atoms. The zero-order valence-electron chi connectivity index (χ0n) is 11.8. The molecule has 1 atom stereocenters. The monoisotopic (exact) mass is 299 g/mol. The van der Waals surface area contributed by atoms with E-state index < -0.39 is 35.3 Å². The summed E-state index contributed by atoms with van der Waals surface area (Å²) in [6.45, 7) is 4.88. The lowest BCUT2D eigenvalue weighted by Crippen LogP contribution is -2.45. The van der Waals surface area contributed by atoms with E-state index in [4.69, 9.17) is 4.74 Å². The highest BCUT2D eigenvalue weighted by Gasteiger charge is 2.41. The van der Waals surface area contributed by atoms with Crippen molar-refractivity contribution in [1.82, 2.24) is 0 Å². The highest BCUT2D eigenvalue weighted by Crippen LogP contribution is 2.35. The number of hydrogen-bond acceptors (Lipinski definition) is 3. The second-order valence-corrected chi connectivity index (χ2v) is 5.80. The smallest absolute Gasteiger partial charge is 0.415 e. The first kappa shape index (κ1) is 15.2. The molecule has 1 unspecified atom stereocenters. The fraction of sp³-hybridized carbons (Fsp3) is 0.429. The van der Waals surface area contributed by atoms with Crippen LogP contribution in [0.1, 0.15) is 26.3 Å². The van der Waals surface area contributed by atoms with Crippen molar-refractivity contribution >= 4 is 17.7 Å². The van der Waals surface area contributed by atoms with Crippen LogP contribution in [0.2, 0.25) is 0 Å². The maximum atomic E-state index is 13.4. The van der Waals surface area contributed by atoms with Gasteiger partial charge in [0.25, 0.3) is 0 Å². The van der Waals surface area contributed by atoms with E-state index in [0.717, 1.165) is 17.0 Å². The van der Waals surface area contributed by atoms with Crippen LogP contribution in [0.15, 0.2) is 12.1 Å². The van der Waals surface area contributed by atoms with Crippen LogP contribution in [-0.2, 0) is 16.0 Å². The lowest BCUT2D eigenvalue weighted by atomic mass is 10.1. The zero-order chi connectivity index (χ0) is 15.9. The van der Waals surface area contributed by atoms with Crippen LogP contribution in [0.5, 0.6) is 0 Å². The molecule has 1 aliphatic heterocycles. The number of fused-ring (bicyclic) bond motifs is 1. The minimum Gasteiger partial charge on any atom is -0.480 e. The van der Waals surface area contributed by atoms with Gasteiger partial charge in [0.1, 0.15) is 11.6 Å². The molecule has 21 heavy (non-hydrogen) atoms. The van der Waals surface area contributed by atoms with Gasteiger partial charge < -0.3 is 9.84 Å². The van der Waals surface area contributed by atoms with E-state index in [0.29, 0.717) is 0 Å². The van der Waals surface area contributed by atoms with Crippen LogP contribution in [-0.4, -0.2) is 28.8 Å². The molecular formula is C14H15F2NO4. The maximum Gasteiger partial charge on any atom is 0.415 e. The number of carboxylic acid groups (broad SMARTS) is 1. The Bertz CT molecular complexity index is 610. The van der Waals surface area contributed by atoms with Crippen molar-refractivity contribution in [2.75, 3.05) is 4.90 Å². The average molecular weight is 299 g/mol. The van der Waals surface area contributed by atoms with Gasteiger partial charge in [0, 0.05) is 12.5 Å². The van der Waals surface area contributed by atoms with Crippen LogP contribution in [0, 0.1) is 11.6 Å². The Hall–Kier alpha value is -2.18. The Labute approximate surface area is 120 Å². The SMILES string of the molecule is CC(C)(C)OC(=O)N1c2cc(F)c(F)cc2CC1C(=O)O. The summed E-state index contributed by atoms with van der Waals surface area (Å²) in [5, 5.41) is 9.20. The van der Waals surface area contributed by atoms with E-state index >= 15 is 0 Å². The third-order valence-electron chi connectivity index (χ3n) is 2.98. The van der Waals surface area contributed by atoms with Gasteiger partial charge in [-0.05, 0) is 32.4 Å². The van der Waals surface area contributed by atoms with Gasteiger partial charge in [-0.15, -0.1) is 0 Å². The van der Waals surface area contributed by atoms with E-state index in [1.807, 2.05) is 0 Å². The van der Waals surface area contributed by atoms with Gasteiger partial charge in [-0.3, -0.25) is 4.90 Å². The first-order chi connectivity index (χ1) is 9.60. The molecule has 1 aliphatic rings. The summed E-state index contributed by atoms with van der Waals surface area (Å²) in [6, 6.07) is 0.485. The van der Waals surface area contributed by atoms with Gasteiger partial charge in [-0.2, -0.15) is 0 Å². The topological polar surface area (TPSA) is 66.8 Å². The number of aliphatic carboxylic acids is 1. The summed E-state index contributed by atoms with van der Waals surface area (Å²) in [7, 11) is 0. The van der Waals surface area contributed by atoms with Crippen LogP contribution in [0.25, 0.3) is 0 Å². The van der Waals surface area contributed by atoms with Crippen LogP contribution < -0.4 is 4.90 Å². The fourth-order valence-electron chi connectivity index (χ4n) is 2.17. The fourth-order valence-corrected chi connectivity index (χ4v) is 2.17. The van der Waals surface area contributed by atoms with Crippen molar-refractivity contribution in [3.05, 3.63) is 29.3 Å². The number of benzene rings is 1. The number of rotatable bonds is 1. The van der Waals surface area contributed by atoms with Crippen LogP contribution in [0.3, 0.4) is 0 Å². The van der Waals surface area contributed by atoms with Crippen LogP contribution in [0.4, 0.5) is 19.3 Å². The van der Waals surface area contributed by atoms with E-state index in [1.165, 1.54) is 0 Å². The highest BCUT2D eigenvalue weighted by atomic mass is 19.2. The van der Waals surface area contributed by atoms with Gasteiger partial charge in [0.05, 0.1) is 5.69 Å². The second kappa shape index (κ2) is 4.98. The molecule has 0 radical (unpaired) electrons. The van der Waals surface area contributed by atoms with Gasteiger partial charge in [-0.25, -0.2) is 18.4 Å². The predicted molar refractivity (Wildman–Crippen MR) is 70.2 cm³/mol. The molecule has 2 rings (SSSR count). The standard InChI is InChI=1S/C14H15F2NO4/c1-14(2,3)21-13(20)17-10-6-9(16)8(15)4-7(10)5-11(17)12(18)19/h4,6,11H,5H2,1-3H3,(H,18,19). The van der Waals surface area contributed by atoms with Gasteiger partial charge in [-0.1, -0.05) is 0 Å². The number of ether oxygens (including phenoxy) is 1. The number of anilines is 1. The van der Waals surface area contributed by atoms with E-state index in [-0.39, 0.29) is 17.7 Å². The molecule has 0 bridgehead atoms. The van der Waals surface area contributed by atoms with Crippen molar-refractivity contribution in [2.24, 2.45) is 0 Å². The quantitative estimate of drug-likeness (QED) is 0.866. The third kappa shape index (κ3) is 2.96. The Balaban J connectivity index is 2.44. The first-order valence-electron chi connectivity index (χ1n) is 6.33. The molecule has 0 saturated carbocycles. The summed E-state index contributed by atoms with van der Waals surface area (Å²) >= 11 is 0. The molecule has 1 N–H and O–H groups in total. The molecule has 0 aromatic heterocycles. The normalized spacial score (nSPS) is 17.6. The van der Waals surface area contributed by atoms with Crippen LogP contribution >= 0.6 is 0 Å². The van der Waals surface area contributed by atoms with Crippen molar-refractivity contribution in [2.45, 2.75) is 38.8 Å². The second-order valence-electron chi connectivity index (χ2n) is 5.80. The molecular weight excluding hydrogens is 284 g/mol. The molecule has 7 heteroatoms. The zero-order valence-corrected chi connectivity index (χ0v) is 11.8. The van der Waals surface area contributed by atoms with Crippen molar-refractivity contribution in [3.63, 3.8) is 0 Å². The molecule has 114 valence electrons. The average Bonchev–Trinajstić information content (AvgIpc) is 2.66. The number of halogens is 2. The lowest BCUT2D eigenvalue weighted by molar-refractivity contribution is -0.138.